The predicted octanol–water partition coefficient (Wildman–Crippen LogP) is 5.59. The molecule has 2 rings (SSSR count). The summed E-state index contributed by atoms with van der Waals surface area (Å²) in [5, 5.41) is 12.2. The van der Waals surface area contributed by atoms with Gasteiger partial charge in [-0.1, -0.05) is 22.0 Å². The summed E-state index contributed by atoms with van der Waals surface area (Å²) in [6.07, 6.45) is 0. The van der Waals surface area contributed by atoms with E-state index in [0.717, 1.165) is 24.8 Å². The van der Waals surface area contributed by atoms with E-state index < -0.39 is 0 Å². The summed E-state index contributed by atoms with van der Waals surface area (Å²) in [6, 6.07) is 13.5. The van der Waals surface area contributed by atoms with Gasteiger partial charge >= 0.3 is 0 Å². The summed E-state index contributed by atoms with van der Waals surface area (Å²) in [6.45, 7) is 0. The minimum absolute atomic E-state index is 0.607. The molecule has 90 valence electrons. The first-order valence-corrected chi connectivity index (χ1v) is 7.40. The highest BCUT2D eigenvalue weighted by molar-refractivity contribution is 9.11. The molecule has 0 saturated carbocycles. The van der Waals surface area contributed by atoms with Crippen LogP contribution in [-0.4, -0.2) is 0 Å². The van der Waals surface area contributed by atoms with Crippen molar-refractivity contribution in [1.29, 1.82) is 5.26 Å². The largest absolute Gasteiger partial charge is 0.354 e. The Morgan fingerprint density at radius 2 is 1.67 bits per heavy atom. The van der Waals surface area contributed by atoms with E-state index in [-0.39, 0.29) is 0 Å². The fourth-order valence-electron chi connectivity index (χ4n) is 1.49. The summed E-state index contributed by atoms with van der Waals surface area (Å²) in [7, 11) is 0. The number of halogens is 3. The van der Waals surface area contributed by atoms with Gasteiger partial charge in [0.25, 0.3) is 0 Å². The quantitative estimate of drug-likeness (QED) is 0.674. The number of para-hydroxylation sites is 1. The molecule has 2 nitrogen and oxygen atoms in total. The molecule has 18 heavy (non-hydrogen) atoms. The maximum absolute atomic E-state index is 8.94. The third-order valence-corrected chi connectivity index (χ3v) is 4.04. The van der Waals surface area contributed by atoms with E-state index in [1.165, 1.54) is 0 Å². The Morgan fingerprint density at radius 1 is 1.00 bits per heavy atom. The van der Waals surface area contributed by atoms with Gasteiger partial charge in [0.1, 0.15) is 0 Å². The van der Waals surface area contributed by atoms with Crippen LogP contribution in [0.25, 0.3) is 0 Å². The maximum atomic E-state index is 8.94. The molecule has 0 saturated heterocycles. The van der Waals surface area contributed by atoms with Crippen molar-refractivity contribution in [2.45, 2.75) is 0 Å². The Balaban J connectivity index is 2.40. The number of hydrogen-bond acceptors (Lipinski definition) is 2. The SMILES string of the molecule is N#Cc1cc(Br)cc(Nc2c(Br)cccc2Br)c1. The lowest BCUT2D eigenvalue weighted by Crippen LogP contribution is -1.93. The monoisotopic (exact) mass is 428 g/mol. The van der Waals surface area contributed by atoms with E-state index in [4.69, 9.17) is 5.26 Å². The molecule has 0 bridgehead atoms. The lowest BCUT2D eigenvalue weighted by molar-refractivity contribution is 1.45. The van der Waals surface area contributed by atoms with Crippen LogP contribution >= 0.6 is 47.8 Å². The van der Waals surface area contributed by atoms with Gasteiger partial charge in [0.2, 0.25) is 0 Å². The van der Waals surface area contributed by atoms with Gasteiger partial charge < -0.3 is 5.32 Å². The van der Waals surface area contributed by atoms with Crippen molar-refractivity contribution in [2.24, 2.45) is 0 Å². The van der Waals surface area contributed by atoms with Crippen LogP contribution in [0.3, 0.4) is 0 Å². The minimum Gasteiger partial charge on any atom is -0.354 e. The molecule has 0 heterocycles. The van der Waals surface area contributed by atoms with Crippen molar-refractivity contribution in [3.05, 3.63) is 55.4 Å². The highest BCUT2D eigenvalue weighted by Crippen LogP contribution is 2.33. The Kier molecular flexibility index (Phi) is 4.44. The summed E-state index contributed by atoms with van der Waals surface area (Å²) in [5.74, 6) is 0. The number of nitrogens with one attached hydrogen (secondary N) is 1. The predicted molar refractivity (Wildman–Crippen MR) is 84.0 cm³/mol. The van der Waals surface area contributed by atoms with Crippen LogP contribution in [-0.2, 0) is 0 Å². The molecule has 0 aliphatic rings. The molecule has 1 N–H and O–H groups in total. The standard InChI is InChI=1S/C13H7Br3N2/c14-9-4-8(7-17)5-10(6-9)18-13-11(15)2-1-3-12(13)16/h1-6,18H. The molecule has 0 fully saturated rings. The molecule has 0 atom stereocenters. The van der Waals surface area contributed by atoms with Crippen molar-refractivity contribution >= 4 is 59.2 Å². The van der Waals surface area contributed by atoms with Crippen molar-refractivity contribution in [1.82, 2.24) is 0 Å². The first-order chi connectivity index (χ1) is 8.60. The zero-order valence-corrected chi connectivity index (χ0v) is 13.8. The van der Waals surface area contributed by atoms with Crippen LogP contribution in [0, 0.1) is 11.3 Å². The lowest BCUT2D eigenvalue weighted by Gasteiger charge is -2.11. The molecule has 0 aromatic heterocycles. The smallest absolute Gasteiger partial charge is 0.0992 e. The molecule has 0 aliphatic heterocycles. The molecule has 0 unspecified atom stereocenters. The van der Waals surface area contributed by atoms with Gasteiger partial charge in [-0.3, -0.25) is 0 Å². The summed E-state index contributed by atoms with van der Waals surface area (Å²) < 4.78 is 2.78. The van der Waals surface area contributed by atoms with Gasteiger partial charge in [-0.25, -0.2) is 0 Å². The summed E-state index contributed by atoms with van der Waals surface area (Å²) >= 11 is 10.4. The zero-order valence-electron chi connectivity index (χ0n) is 9.05. The van der Waals surface area contributed by atoms with Crippen LogP contribution in [0.2, 0.25) is 0 Å². The fraction of sp³-hybridized carbons (Fsp3) is 0. The molecular formula is C13H7Br3N2. The molecule has 5 heteroatoms. The topological polar surface area (TPSA) is 35.8 Å². The van der Waals surface area contributed by atoms with Gasteiger partial charge in [-0.2, -0.15) is 5.26 Å². The van der Waals surface area contributed by atoms with Crippen LogP contribution < -0.4 is 5.32 Å². The number of hydrogen-bond donors (Lipinski definition) is 1. The van der Waals surface area contributed by atoms with E-state index in [1.807, 2.05) is 24.3 Å². The van der Waals surface area contributed by atoms with Crippen LogP contribution in [0.5, 0.6) is 0 Å². The van der Waals surface area contributed by atoms with Gasteiger partial charge in [-0.05, 0) is 62.2 Å². The van der Waals surface area contributed by atoms with Gasteiger partial charge in [0, 0.05) is 19.1 Å². The average Bonchev–Trinajstić information content (AvgIpc) is 2.33. The van der Waals surface area contributed by atoms with E-state index in [2.05, 4.69) is 59.2 Å². The molecule has 0 radical (unpaired) electrons. The maximum Gasteiger partial charge on any atom is 0.0992 e. The van der Waals surface area contributed by atoms with Crippen LogP contribution in [0.4, 0.5) is 11.4 Å². The normalized spacial score (nSPS) is 9.89. The third kappa shape index (κ3) is 3.14. The number of nitrogens with zero attached hydrogens (tertiary/aromatic N) is 1. The van der Waals surface area contributed by atoms with Crippen molar-refractivity contribution in [2.75, 3.05) is 5.32 Å². The second-order valence-electron chi connectivity index (χ2n) is 3.56. The van der Waals surface area contributed by atoms with Crippen LogP contribution in [0.15, 0.2) is 49.8 Å². The Labute approximate surface area is 130 Å². The van der Waals surface area contributed by atoms with Crippen molar-refractivity contribution in [3.63, 3.8) is 0 Å². The number of anilines is 2. The molecular weight excluding hydrogens is 424 g/mol. The van der Waals surface area contributed by atoms with Gasteiger partial charge in [0.15, 0.2) is 0 Å². The van der Waals surface area contributed by atoms with E-state index in [9.17, 15) is 0 Å². The van der Waals surface area contributed by atoms with Gasteiger partial charge in [0.05, 0.1) is 17.3 Å². The van der Waals surface area contributed by atoms with Crippen LogP contribution in [0.1, 0.15) is 5.56 Å². The fourth-order valence-corrected chi connectivity index (χ4v) is 3.18. The number of nitriles is 1. The highest BCUT2D eigenvalue weighted by atomic mass is 79.9. The zero-order chi connectivity index (χ0) is 13.1. The first kappa shape index (κ1) is 13.6. The second-order valence-corrected chi connectivity index (χ2v) is 6.19. The highest BCUT2D eigenvalue weighted by Gasteiger charge is 2.06. The molecule has 2 aromatic rings. The Bertz CT molecular complexity index is 612. The summed E-state index contributed by atoms with van der Waals surface area (Å²) in [4.78, 5) is 0. The van der Waals surface area contributed by atoms with E-state index in [1.54, 1.807) is 12.1 Å². The number of rotatable bonds is 2. The number of benzene rings is 2. The second kappa shape index (κ2) is 5.87. The molecule has 0 spiro atoms. The van der Waals surface area contributed by atoms with Gasteiger partial charge in [-0.15, -0.1) is 0 Å². The third-order valence-electron chi connectivity index (χ3n) is 2.26. The lowest BCUT2D eigenvalue weighted by atomic mass is 10.2. The van der Waals surface area contributed by atoms with E-state index >= 15 is 0 Å². The van der Waals surface area contributed by atoms with E-state index in [0.29, 0.717) is 5.56 Å². The molecule has 0 aliphatic carbocycles. The van der Waals surface area contributed by atoms with Crippen molar-refractivity contribution in [3.8, 4) is 6.07 Å². The molecule has 2 aromatic carbocycles. The Morgan fingerprint density at radius 3 is 2.28 bits per heavy atom. The summed E-state index contributed by atoms with van der Waals surface area (Å²) in [5.41, 5.74) is 2.39. The van der Waals surface area contributed by atoms with Crippen molar-refractivity contribution < 1.29 is 0 Å². The minimum atomic E-state index is 0.607. The first-order valence-electron chi connectivity index (χ1n) is 5.02. The average molecular weight is 431 g/mol. The Hall–Kier alpha value is -0.830. The molecule has 0 amide bonds.